The second kappa shape index (κ2) is 9.94. The smallest absolute Gasteiger partial charge is 1.00 e. The standard InChI is InChI=1S/C22H23BO3.Li.H/c1-2-21(18-12-6-3-7-13-18)22(26-23(24)25,19-14-8-4-9-15-19)20-16-10-5-11-17-20;;/h3-17,21,24-25H,2H2,1H3;;/q;+1;-1. The van der Waals surface area contributed by atoms with E-state index in [4.69, 9.17) is 4.65 Å². The molecule has 0 radical (unpaired) electrons. The Morgan fingerprint density at radius 3 is 1.59 bits per heavy atom. The molecule has 0 bridgehead atoms. The van der Waals surface area contributed by atoms with E-state index in [1.165, 1.54) is 0 Å². The first kappa shape index (κ1) is 21.5. The third-order valence-corrected chi connectivity index (χ3v) is 4.80. The van der Waals surface area contributed by atoms with Gasteiger partial charge in [-0.05, 0) is 23.1 Å². The van der Waals surface area contributed by atoms with Crippen molar-refractivity contribution in [3.8, 4) is 0 Å². The molecule has 0 heterocycles. The van der Waals surface area contributed by atoms with Crippen LogP contribution in [0.25, 0.3) is 0 Å². The van der Waals surface area contributed by atoms with Gasteiger partial charge in [0.05, 0.1) is 0 Å². The molecule has 0 amide bonds. The summed E-state index contributed by atoms with van der Waals surface area (Å²) in [4.78, 5) is 0. The maximum Gasteiger partial charge on any atom is 1.00 e. The molecule has 3 aromatic rings. The maximum atomic E-state index is 9.84. The largest absolute Gasteiger partial charge is 1.00 e. The fourth-order valence-electron chi connectivity index (χ4n) is 3.77. The summed E-state index contributed by atoms with van der Waals surface area (Å²) in [5, 5.41) is 19.7. The van der Waals surface area contributed by atoms with Crippen LogP contribution in [0, 0.1) is 0 Å². The Hall–Kier alpha value is -1.80. The van der Waals surface area contributed by atoms with Crippen molar-refractivity contribution in [2.24, 2.45) is 0 Å². The Morgan fingerprint density at radius 2 is 1.22 bits per heavy atom. The zero-order chi connectivity index (χ0) is 18.4. The van der Waals surface area contributed by atoms with Crippen molar-refractivity contribution in [2.45, 2.75) is 24.9 Å². The van der Waals surface area contributed by atoms with Crippen molar-refractivity contribution in [3.63, 3.8) is 0 Å². The zero-order valence-electron chi connectivity index (χ0n) is 16.8. The van der Waals surface area contributed by atoms with Gasteiger partial charge in [-0.1, -0.05) is 97.9 Å². The average molecular weight is 354 g/mol. The van der Waals surface area contributed by atoms with Gasteiger partial charge in [-0.2, -0.15) is 0 Å². The predicted octanol–water partition coefficient (Wildman–Crippen LogP) is 1.23. The number of hydrogen-bond donors (Lipinski definition) is 2. The van der Waals surface area contributed by atoms with Crippen molar-refractivity contribution in [3.05, 3.63) is 108 Å². The van der Waals surface area contributed by atoms with Crippen molar-refractivity contribution in [2.75, 3.05) is 0 Å². The molecule has 1 unspecified atom stereocenters. The normalized spacial score (nSPS) is 12.1. The van der Waals surface area contributed by atoms with E-state index in [9.17, 15) is 10.0 Å². The molecule has 3 aromatic carbocycles. The minimum atomic E-state index is -1.90. The van der Waals surface area contributed by atoms with Crippen LogP contribution in [0.5, 0.6) is 0 Å². The molecule has 0 aliphatic rings. The number of benzene rings is 3. The molecular weight excluding hydrogens is 330 g/mol. The molecule has 2 N–H and O–H groups in total. The predicted molar refractivity (Wildman–Crippen MR) is 106 cm³/mol. The summed E-state index contributed by atoms with van der Waals surface area (Å²) < 4.78 is 5.93. The van der Waals surface area contributed by atoms with Crippen LogP contribution in [0.4, 0.5) is 0 Å². The van der Waals surface area contributed by atoms with E-state index in [1.807, 2.05) is 78.9 Å². The molecule has 27 heavy (non-hydrogen) atoms. The number of hydrogen-bond acceptors (Lipinski definition) is 3. The molecular formula is C22H24BLiO3. The number of rotatable bonds is 7. The Kier molecular flexibility index (Phi) is 7.92. The van der Waals surface area contributed by atoms with Crippen molar-refractivity contribution in [1.82, 2.24) is 0 Å². The van der Waals surface area contributed by atoms with E-state index in [2.05, 4.69) is 19.1 Å². The maximum absolute atomic E-state index is 9.84. The Bertz CT molecular complexity index is 764. The van der Waals surface area contributed by atoms with Gasteiger partial charge in [-0.3, -0.25) is 0 Å². The summed E-state index contributed by atoms with van der Waals surface area (Å²) in [6.45, 7) is 2.09. The average Bonchev–Trinajstić information content (AvgIpc) is 2.69. The Balaban J connectivity index is 0.00000196. The van der Waals surface area contributed by atoms with Gasteiger partial charge in [-0.25, -0.2) is 0 Å². The minimum absolute atomic E-state index is 0. The van der Waals surface area contributed by atoms with Crippen molar-refractivity contribution in [1.29, 1.82) is 0 Å². The molecule has 0 aromatic heterocycles. The van der Waals surface area contributed by atoms with Crippen LogP contribution in [-0.4, -0.2) is 17.4 Å². The van der Waals surface area contributed by atoms with E-state index in [-0.39, 0.29) is 26.2 Å². The van der Waals surface area contributed by atoms with Crippen molar-refractivity contribution >= 4 is 7.32 Å². The van der Waals surface area contributed by atoms with Crippen LogP contribution in [0.2, 0.25) is 0 Å². The van der Waals surface area contributed by atoms with Gasteiger partial charge >= 0.3 is 26.2 Å². The first-order valence-corrected chi connectivity index (χ1v) is 8.88. The molecule has 0 saturated carbocycles. The molecule has 134 valence electrons. The van der Waals surface area contributed by atoms with Crippen LogP contribution < -0.4 is 18.9 Å². The topological polar surface area (TPSA) is 49.7 Å². The van der Waals surface area contributed by atoms with E-state index < -0.39 is 12.9 Å². The molecule has 3 nitrogen and oxygen atoms in total. The van der Waals surface area contributed by atoms with Crippen LogP contribution in [0.3, 0.4) is 0 Å². The molecule has 5 heteroatoms. The first-order valence-electron chi connectivity index (χ1n) is 8.88. The molecule has 0 spiro atoms. The Morgan fingerprint density at radius 1 is 0.815 bits per heavy atom. The molecule has 3 rings (SSSR count). The van der Waals surface area contributed by atoms with Gasteiger partial charge in [0.25, 0.3) is 0 Å². The summed E-state index contributed by atoms with van der Waals surface area (Å²) in [6.07, 6.45) is 0.764. The third kappa shape index (κ3) is 4.55. The van der Waals surface area contributed by atoms with Crippen LogP contribution in [-0.2, 0) is 10.3 Å². The minimum Gasteiger partial charge on any atom is -1.00 e. The zero-order valence-corrected chi connectivity index (χ0v) is 15.8. The second-order valence-electron chi connectivity index (χ2n) is 6.28. The van der Waals surface area contributed by atoms with Gasteiger partial charge in [0, 0.05) is 5.92 Å². The van der Waals surface area contributed by atoms with Crippen molar-refractivity contribution < 1.29 is 35.0 Å². The van der Waals surface area contributed by atoms with Crippen LogP contribution >= 0.6 is 0 Å². The summed E-state index contributed by atoms with van der Waals surface area (Å²) >= 11 is 0. The van der Waals surface area contributed by atoms with Gasteiger partial charge in [0.15, 0.2) is 0 Å². The molecule has 0 fully saturated rings. The Labute approximate surface area is 174 Å². The monoisotopic (exact) mass is 354 g/mol. The summed E-state index contributed by atoms with van der Waals surface area (Å²) in [5.74, 6) is -0.102. The van der Waals surface area contributed by atoms with Gasteiger partial charge < -0.3 is 16.1 Å². The van der Waals surface area contributed by atoms with E-state index in [0.29, 0.717) is 0 Å². The van der Waals surface area contributed by atoms with Crippen LogP contribution in [0.15, 0.2) is 91.0 Å². The summed E-state index contributed by atoms with van der Waals surface area (Å²) in [7, 11) is -1.90. The fourth-order valence-corrected chi connectivity index (χ4v) is 3.77. The van der Waals surface area contributed by atoms with E-state index in [0.717, 1.165) is 23.1 Å². The summed E-state index contributed by atoms with van der Waals surface area (Å²) in [5.41, 5.74) is 1.83. The quantitative estimate of drug-likeness (QED) is 0.628. The first-order chi connectivity index (χ1) is 12.7. The van der Waals surface area contributed by atoms with Crippen LogP contribution in [0.1, 0.15) is 37.4 Å². The van der Waals surface area contributed by atoms with E-state index >= 15 is 0 Å². The molecule has 0 aliphatic carbocycles. The third-order valence-electron chi connectivity index (χ3n) is 4.80. The SMILES string of the molecule is CCC(c1ccccc1)C(OB(O)O)(c1ccccc1)c1ccccc1.[H-].[Li+]. The van der Waals surface area contributed by atoms with Gasteiger partial charge in [0.1, 0.15) is 5.60 Å². The van der Waals surface area contributed by atoms with Gasteiger partial charge in [0.2, 0.25) is 0 Å². The fraction of sp³-hybridized carbons (Fsp3) is 0.182. The molecule has 1 atom stereocenters. The second-order valence-corrected chi connectivity index (χ2v) is 6.28. The molecule has 0 saturated heterocycles. The molecule has 0 aliphatic heterocycles. The summed E-state index contributed by atoms with van der Waals surface area (Å²) in [6, 6.07) is 29.6. The van der Waals surface area contributed by atoms with Gasteiger partial charge in [-0.15, -0.1) is 0 Å². The van der Waals surface area contributed by atoms with E-state index in [1.54, 1.807) is 0 Å².